The molecule has 3 atom stereocenters. The average Bonchev–Trinajstić information content (AvgIpc) is 2.18. The summed E-state index contributed by atoms with van der Waals surface area (Å²) in [6.07, 6.45) is -0.321. The van der Waals surface area contributed by atoms with Gasteiger partial charge in [0.2, 0.25) is 0 Å². The van der Waals surface area contributed by atoms with Crippen molar-refractivity contribution in [1.82, 2.24) is 10.2 Å². The fourth-order valence-corrected chi connectivity index (χ4v) is 3.00. The molecule has 0 radical (unpaired) electrons. The Bertz CT molecular complexity index is 292. The van der Waals surface area contributed by atoms with E-state index in [-0.39, 0.29) is 6.04 Å². The summed E-state index contributed by atoms with van der Waals surface area (Å²) in [5.41, 5.74) is 0. The minimum Gasteiger partial charge on any atom is -0.345 e. The van der Waals surface area contributed by atoms with E-state index in [1.165, 1.54) is 0 Å². The number of hydrogen-bond donors (Lipinski definition) is 1. The highest BCUT2D eigenvalue weighted by Crippen LogP contribution is 2.32. The molecule has 0 aromatic rings. The summed E-state index contributed by atoms with van der Waals surface area (Å²) in [6.45, 7) is 0. The van der Waals surface area contributed by atoms with Crippen LogP contribution in [-0.2, 0) is 4.79 Å². The first-order valence-corrected chi connectivity index (χ1v) is 5.97. The third kappa shape index (κ3) is 2.73. The van der Waals surface area contributed by atoms with Gasteiger partial charge >= 0.3 is 12.1 Å². The van der Waals surface area contributed by atoms with E-state index < -0.39 is 12.1 Å². The Balaban J connectivity index is 1.94. The molecule has 0 aromatic carbocycles. The van der Waals surface area contributed by atoms with Gasteiger partial charge in [-0.15, -0.1) is 0 Å². The fourth-order valence-electron chi connectivity index (χ4n) is 3.00. The number of hydrogen-bond acceptors (Lipinski definition) is 2. The summed E-state index contributed by atoms with van der Waals surface area (Å²) in [5.74, 6) is -1.80. The van der Waals surface area contributed by atoms with Gasteiger partial charge in [-0.2, -0.15) is 13.2 Å². The van der Waals surface area contributed by atoms with Gasteiger partial charge in [0.25, 0.3) is 0 Å². The first kappa shape index (κ1) is 12.7. The molecule has 0 aliphatic carbocycles. The number of amides is 1. The Hall–Kier alpha value is -0.780. The maximum absolute atomic E-state index is 12.1. The van der Waals surface area contributed by atoms with Crippen molar-refractivity contribution in [2.24, 2.45) is 0 Å². The third-order valence-electron chi connectivity index (χ3n) is 3.93. The topological polar surface area (TPSA) is 32.3 Å². The van der Waals surface area contributed by atoms with E-state index in [1.807, 2.05) is 7.05 Å². The van der Waals surface area contributed by atoms with Gasteiger partial charge in [0.1, 0.15) is 0 Å². The molecule has 1 unspecified atom stereocenters. The molecule has 1 amide bonds. The lowest BCUT2D eigenvalue weighted by atomic mass is 9.82. The normalized spacial score (nSPS) is 34.5. The van der Waals surface area contributed by atoms with Crippen LogP contribution < -0.4 is 5.32 Å². The Morgan fingerprint density at radius 3 is 2.24 bits per heavy atom. The lowest BCUT2D eigenvalue weighted by molar-refractivity contribution is -0.175. The van der Waals surface area contributed by atoms with Gasteiger partial charge in [-0.05, 0) is 32.7 Å². The largest absolute Gasteiger partial charge is 0.471 e. The lowest BCUT2D eigenvalue weighted by Crippen LogP contribution is -2.56. The first-order chi connectivity index (χ1) is 7.88. The molecule has 0 spiro atoms. The molecular formula is C11H17F3N2O. The van der Waals surface area contributed by atoms with Crippen LogP contribution in [0.25, 0.3) is 0 Å². The number of piperidine rings is 2. The van der Waals surface area contributed by atoms with Gasteiger partial charge in [0, 0.05) is 18.1 Å². The van der Waals surface area contributed by atoms with Crippen LogP contribution in [0, 0.1) is 0 Å². The number of nitrogens with zero attached hydrogens (tertiary/aromatic N) is 1. The van der Waals surface area contributed by atoms with Crippen LogP contribution in [0.5, 0.6) is 0 Å². The smallest absolute Gasteiger partial charge is 0.345 e. The number of halogens is 3. The average molecular weight is 250 g/mol. The second-order valence-electron chi connectivity index (χ2n) is 5.04. The summed E-state index contributed by atoms with van der Waals surface area (Å²) >= 11 is 0. The van der Waals surface area contributed by atoms with Gasteiger partial charge in [-0.25, -0.2) is 0 Å². The van der Waals surface area contributed by atoms with Crippen LogP contribution in [-0.4, -0.2) is 42.2 Å². The monoisotopic (exact) mass is 250 g/mol. The van der Waals surface area contributed by atoms with Crippen molar-refractivity contribution in [3.05, 3.63) is 0 Å². The summed E-state index contributed by atoms with van der Waals surface area (Å²) in [6, 6.07) is 0.317. The third-order valence-corrected chi connectivity index (χ3v) is 3.93. The van der Waals surface area contributed by atoms with Gasteiger partial charge < -0.3 is 10.2 Å². The van der Waals surface area contributed by atoms with E-state index in [1.54, 1.807) is 0 Å². The van der Waals surface area contributed by atoms with E-state index in [0.717, 1.165) is 19.3 Å². The molecule has 3 nitrogen and oxygen atoms in total. The number of carbonyl (C=O) groups is 1. The molecule has 2 aliphatic heterocycles. The van der Waals surface area contributed by atoms with Crippen LogP contribution >= 0.6 is 0 Å². The molecule has 0 saturated carbocycles. The van der Waals surface area contributed by atoms with Gasteiger partial charge in [0.05, 0.1) is 0 Å². The van der Waals surface area contributed by atoms with Crippen molar-refractivity contribution < 1.29 is 18.0 Å². The highest BCUT2D eigenvalue weighted by atomic mass is 19.4. The van der Waals surface area contributed by atoms with Crippen molar-refractivity contribution in [1.29, 1.82) is 0 Å². The second kappa shape index (κ2) is 4.48. The van der Waals surface area contributed by atoms with Gasteiger partial charge in [0.15, 0.2) is 0 Å². The molecule has 0 aromatic heterocycles. The Kier molecular flexibility index (Phi) is 3.34. The van der Waals surface area contributed by atoms with Crippen molar-refractivity contribution in [3.63, 3.8) is 0 Å². The molecule has 2 aliphatic rings. The number of alkyl halides is 3. The number of fused-ring (bicyclic) bond motifs is 2. The highest BCUT2D eigenvalue weighted by molar-refractivity contribution is 5.81. The summed E-state index contributed by atoms with van der Waals surface area (Å²) in [5, 5.41) is 2.12. The summed E-state index contributed by atoms with van der Waals surface area (Å²) in [4.78, 5) is 13.1. The minimum atomic E-state index is -4.77. The van der Waals surface area contributed by atoms with Crippen LogP contribution in [0.15, 0.2) is 0 Å². The second-order valence-corrected chi connectivity index (χ2v) is 5.04. The molecule has 6 heteroatoms. The molecule has 2 fully saturated rings. The number of nitrogens with one attached hydrogen (secondary N) is 1. The van der Waals surface area contributed by atoms with E-state index in [2.05, 4.69) is 10.2 Å². The van der Waals surface area contributed by atoms with E-state index in [4.69, 9.17) is 0 Å². The minimum absolute atomic E-state index is 0.320. The molecule has 98 valence electrons. The lowest BCUT2D eigenvalue weighted by Gasteiger charge is -2.47. The number of rotatable bonds is 1. The SMILES string of the molecule is CN1[C@@H]2CCC[C@H]1CC(NC(=O)C(F)(F)F)C2. The zero-order valence-corrected chi connectivity index (χ0v) is 9.76. The molecule has 17 heavy (non-hydrogen) atoms. The van der Waals surface area contributed by atoms with Crippen molar-refractivity contribution in [2.45, 2.75) is 56.4 Å². The Morgan fingerprint density at radius 2 is 1.76 bits per heavy atom. The van der Waals surface area contributed by atoms with Gasteiger partial charge in [-0.3, -0.25) is 4.79 Å². The maximum atomic E-state index is 12.1. The summed E-state index contributed by atoms with van der Waals surface area (Å²) < 4.78 is 36.4. The molecule has 2 heterocycles. The van der Waals surface area contributed by atoms with Crippen LogP contribution in [0.4, 0.5) is 13.2 Å². The van der Waals surface area contributed by atoms with Crippen LogP contribution in [0.3, 0.4) is 0 Å². The van der Waals surface area contributed by atoms with Gasteiger partial charge in [-0.1, -0.05) is 6.42 Å². The fraction of sp³-hybridized carbons (Fsp3) is 0.909. The van der Waals surface area contributed by atoms with Crippen LogP contribution in [0.1, 0.15) is 32.1 Å². The maximum Gasteiger partial charge on any atom is 0.471 e. The highest BCUT2D eigenvalue weighted by Gasteiger charge is 2.42. The molecular weight excluding hydrogens is 233 g/mol. The zero-order chi connectivity index (χ0) is 12.6. The molecule has 2 bridgehead atoms. The quantitative estimate of drug-likeness (QED) is 0.768. The van der Waals surface area contributed by atoms with Crippen molar-refractivity contribution in [2.75, 3.05) is 7.05 Å². The summed E-state index contributed by atoms with van der Waals surface area (Å²) in [7, 11) is 2.02. The zero-order valence-electron chi connectivity index (χ0n) is 9.76. The van der Waals surface area contributed by atoms with Crippen LogP contribution in [0.2, 0.25) is 0 Å². The molecule has 2 saturated heterocycles. The van der Waals surface area contributed by atoms with E-state index in [9.17, 15) is 18.0 Å². The standard InChI is InChI=1S/C11H17F3N2O/c1-16-8-3-2-4-9(16)6-7(5-8)15-10(17)11(12,13)14/h7-9H,2-6H2,1H3,(H,15,17)/t7?,8-,9+. The first-order valence-electron chi connectivity index (χ1n) is 5.97. The predicted octanol–water partition coefficient (Wildman–Crippen LogP) is 1.68. The Labute approximate surface area is 98.3 Å². The van der Waals surface area contributed by atoms with E-state index >= 15 is 0 Å². The molecule has 2 rings (SSSR count). The van der Waals surface area contributed by atoms with Crippen molar-refractivity contribution in [3.8, 4) is 0 Å². The predicted molar refractivity (Wildman–Crippen MR) is 56.4 cm³/mol. The Morgan fingerprint density at radius 1 is 1.24 bits per heavy atom. The number of carbonyl (C=O) groups excluding carboxylic acids is 1. The van der Waals surface area contributed by atoms with Crippen molar-refractivity contribution >= 4 is 5.91 Å². The molecule has 1 N–H and O–H groups in total. The van der Waals surface area contributed by atoms with E-state index in [0.29, 0.717) is 24.9 Å².